The number of hydrogen-bond acceptors (Lipinski definition) is 3. The van der Waals surface area contributed by atoms with E-state index in [2.05, 4.69) is 5.32 Å². The number of aryl methyl sites for hydroxylation is 1. The molecule has 2 aliphatic rings. The molecule has 1 aliphatic heterocycles. The molecule has 0 aromatic carbocycles. The van der Waals surface area contributed by atoms with Crippen LogP contribution in [0.1, 0.15) is 49.0 Å². The van der Waals surface area contributed by atoms with Crippen molar-refractivity contribution in [3.63, 3.8) is 0 Å². The number of hydrogen-bond donors (Lipinski definition) is 1. The summed E-state index contributed by atoms with van der Waals surface area (Å²) < 4.78 is 28.2. The molecule has 0 radical (unpaired) electrons. The van der Waals surface area contributed by atoms with Crippen LogP contribution in [0.3, 0.4) is 0 Å². The minimum atomic E-state index is -3.47. The predicted octanol–water partition coefficient (Wildman–Crippen LogP) is 1.48. The molecule has 22 heavy (non-hydrogen) atoms. The van der Waals surface area contributed by atoms with Gasteiger partial charge in [-0.1, -0.05) is 12.8 Å². The van der Waals surface area contributed by atoms with Gasteiger partial charge < -0.3 is 9.88 Å². The third-order valence-electron chi connectivity index (χ3n) is 4.61. The Morgan fingerprint density at radius 3 is 2.45 bits per heavy atom. The largest absolute Gasteiger partial charge is 0.348 e. The zero-order valence-electron chi connectivity index (χ0n) is 12.9. The Hall–Kier alpha value is -1.34. The molecule has 0 atom stereocenters. The average molecular weight is 325 g/mol. The molecule has 0 bridgehead atoms. The molecular formula is C15H23N3O3S. The Balaban J connectivity index is 1.79. The van der Waals surface area contributed by atoms with Crippen LogP contribution >= 0.6 is 0 Å². The summed E-state index contributed by atoms with van der Waals surface area (Å²) in [6, 6.07) is 1.72. The van der Waals surface area contributed by atoms with Crippen molar-refractivity contribution in [3.05, 3.63) is 18.0 Å². The van der Waals surface area contributed by atoms with Crippen molar-refractivity contribution in [2.75, 3.05) is 13.1 Å². The summed E-state index contributed by atoms with van der Waals surface area (Å²) in [6.07, 6.45) is 7.66. The Labute approximate surface area is 131 Å². The molecule has 1 saturated heterocycles. The van der Waals surface area contributed by atoms with E-state index in [0.717, 1.165) is 38.5 Å². The number of carbonyl (C=O) groups excluding carboxylic acids is 1. The highest BCUT2D eigenvalue weighted by molar-refractivity contribution is 7.89. The van der Waals surface area contributed by atoms with Crippen LogP contribution in [0.25, 0.3) is 0 Å². The fraction of sp³-hybridized carbons (Fsp3) is 0.667. The van der Waals surface area contributed by atoms with Gasteiger partial charge in [0.25, 0.3) is 5.91 Å². The number of carbonyl (C=O) groups is 1. The maximum Gasteiger partial charge on any atom is 0.268 e. The summed E-state index contributed by atoms with van der Waals surface area (Å²) in [5.41, 5.74) is 0.407. The summed E-state index contributed by atoms with van der Waals surface area (Å²) >= 11 is 0. The molecule has 6 nitrogen and oxygen atoms in total. The highest BCUT2D eigenvalue weighted by atomic mass is 32.2. The molecule has 2 heterocycles. The van der Waals surface area contributed by atoms with Crippen LogP contribution in [-0.4, -0.2) is 42.3 Å². The second kappa shape index (κ2) is 6.04. The van der Waals surface area contributed by atoms with Gasteiger partial charge >= 0.3 is 0 Å². The zero-order chi connectivity index (χ0) is 15.7. The molecule has 1 saturated carbocycles. The molecular weight excluding hydrogens is 302 g/mol. The van der Waals surface area contributed by atoms with Crippen LogP contribution in [-0.2, 0) is 17.1 Å². The minimum absolute atomic E-state index is 0.183. The van der Waals surface area contributed by atoms with Crippen LogP contribution in [0.2, 0.25) is 0 Å². The van der Waals surface area contributed by atoms with Crippen molar-refractivity contribution in [3.8, 4) is 0 Å². The third kappa shape index (κ3) is 2.92. The minimum Gasteiger partial charge on any atom is -0.348 e. The van der Waals surface area contributed by atoms with Crippen LogP contribution in [0.4, 0.5) is 0 Å². The average Bonchev–Trinajstić information content (AvgIpc) is 3.19. The highest BCUT2D eigenvalue weighted by Gasteiger charge is 2.29. The van der Waals surface area contributed by atoms with Gasteiger partial charge in [0, 0.05) is 32.4 Å². The van der Waals surface area contributed by atoms with Gasteiger partial charge in [-0.3, -0.25) is 4.79 Å². The van der Waals surface area contributed by atoms with Crippen LogP contribution in [0.5, 0.6) is 0 Å². The number of sulfonamides is 1. The lowest BCUT2D eigenvalue weighted by Crippen LogP contribution is -2.33. The fourth-order valence-corrected chi connectivity index (χ4v) is 4.90. The molecule has 7 heteroatoms. The van der Waals surface area contributed by atoms with Gasteiger partial charge in [0.1, 0.15) is 10.6 Å². The van der Waals surface area contributed by atoms with Crippen molar-refractivity contribution in [1.29, 1.82) is 0 Å². The maximum absolute atomic E-state index is 12.5. The summed E-state index contributed by atoms with van der Waals surface area (Å²) in [7, 11) is -1.75. The predicted molar refractivity (Wildman–Crippen MR) is 83.1 cm³/mol. The SMILES string of the molecule is Cn1cc(S(=O)(=O)N2CCCC2)cc1C(=O)NC1CCCC1. The van der Waals surface area contributed by atoms with E-state index in [9.17, 15) is 13.2 Å². The van der Waals surface area contributed by atoms with Crippen molar-refractivity contribution in [1.82, 2.24) is 14.2 Å². The van der Waals surface area contributed by atoms with Crippen molar-refractivity contribution in [2.24, 2.45) is 7.05 Å². The lowest BCUT2D eigenvalue weighted by atomic mass is 10.2. The maximum atomic E-state index is 12.5. The normalized spacial score (nSPS) is 20.6. The van der Waals surface area contributed by atoms with Gasteiger partial charge in [-0.05, 0) is 31.7 Å². The van der Waals surface area contributed by atoms with E-state index >= 15 is 0 Å². The lowest BCUT2D eigenvalue weighted by molar-refractivity contribution is 0.0929. The molecule has 1 aromatic heterocycles. The number of amides is 1. The van der Waals surface area contributed by atoms with Crippen LogP contribution in [0.15, 0.2) is 17.2 Å². The smallest absolute Gasteiger partial charge is 0.268 e. The Kier molecular flexibility index (Phi) is 4.27. The summed E-state index contributed by atoms with van der Waals surface area (Å²) in [5.74, 6) is -0.183. The molecule has 3 rings (SSSR count). The van der Waals surface area contributed by atoms with E-state index in [0.29, 0.717) is 18.8 Å². The third-order valence-corrected chi connectivity index (χ3v) is 6.47. The first kappa shape index (κ1) is 15.6. The lowest BCUT2D eigenvalue weighted by Gasteiger charge is -2.13. The second-order valence-corrected chi connectivity index (χ2v) is 8.18. The van der Waals surface area contributed by atoms with E-state index in [1.807, 2.05) is 0 Å². The first-order valence-corrected chi connectivity index (χ1v) is 9.40. The molecule has 1 aliphatic carbocycles. The van der Waals surface area contributed by atoms with Gasteiger partial charge in [0.2, 0.25) is 10.0 Å². The van der Waals surface area contributed by atoms with Gasteiger partial charge in [0.15, 0.2) is 0 Å². The summed E-state index contributed by atoms with van der Waals surface area (Å²) in [5, 5.41) is 3.00. The van der Waals surface area contributed by atoms with Crippen molar-refractivity contribution >= 4 is 15.9 Å². The Morgan fingerprint density at radius 2 is 1.82 bits per heavy atom. The number of aromatic nitrogens is 1. The Morgan fingerprint density at radius 1 is 1.18 bits per heavy atom. The van der Waals surface area contributed by atoms with Crippen LogP contribution in [0, 0.1) is 0 Å². The number of rotatable bonds is 4. The first-order chi connectivity index (χ1) is 10.5. The van der Waals surface area contributed by atoms with Crippen LogP contribution < -0.4 is 5.32 Å². The molecule has 1 N–H and O–H groups in total. The molecule has 2 fully saturated rings. The number of nitrogens with one attached hydrogen (secondary N) is 1. The molecule has 0 unspecified atom stereocenters. The van der Waals surface area contributed by atoms with E-state index in [1.165, 1.54) is 16.6 Å². The fourth-order valence-electron chi connectivity index (χ4n) is 3.31. The zero-order valence-corrected chi connectivity index (χ0v) is 13.7. The van der Waals surface area contributed by atoms with Gasteiger partial charge in [0.05, 0.1) is 0 Å². The Bertz CT molecular complexity index is 654. The first-order valence-electron chi connectivity index (χ1n) is 7.96. The van der Waals surface area contributed by atoms with Gasteiger partial charge in [-0.25, -0.2) is 8.42 Å². The van der Waals surface area contributed by atoms with E-state index in [4.69, 9.17) is 0 Å². The van der Waals surface area contributed by atoms with E-state index in [1.54, 1.807) is 11.6 Å². The monoisotopic (exact) mass is 325 g/mol. The summed E-state index contributed by atoms with van der Waals surface area (Å²) in [4.78, 5) is 12.6. The molecule has 1 amide bonds. The molecule has 0 spiro atoms. The highest BCUT2D eigenvalue weighted by Crippen LogP contribution is 2.23. The van der Waals surface area contributed by atoms with Crippen molar-refractivity contribution in [2.45, 2.75) is 49.5 Å². The van der Waals surface area contributed by atoms with E-state index in [-0.39, 0.29) is 16.8 Å². The quantitative estimate of drug-likeness (QED) is 0.911. The van der Waals surface area contributed by atoms with Crippen molar-refractivity contribution < 1.29 is 13.2 Å². The molecule has 1 aromatic rings. The van der Waals surface area contributed by atoms with E-state index < -0.39 is 10.0 Å². The summed E-state index contributed by atoms with van der Waals surface area (Å²) in [6.45, 7) is 1.14. The standard InChI is InChI=1S/C15H23N3O3S/c1-17-11-13(22(20,21)18-8-4-5-9-18)10-14(17)15(19)16-12-6-2-3-7-12/h10-12H,2-9H2,1H3,(H,16,19). The second-order valence-electron chi connectivity index (χ2n) is 6.24. The number of nitrogens with zero attached hydrogens (tertiary/aromatic N) is 2. The van der Waals surface area contributed by atoms with Gasteiger partial charge in [-0.15, -0.1) is 0 Å². The topological polar surface area (TPSA) is 71.4 Å². The van der Waals surface area contributed by atoms with Gasteiger partial charge in [-0.2, -0.15) is 4.31 Å². The molecule has 122 valence electrons.